The van der Waals surface area contributed by atoms with Crippen molar-refractivity contribution in [2.75, 3.05) is 18.9 Å². The fraction of sp³-hybridized carbons (Fsp3) is 0.167. The molecule has 1 amide bonds. The molecule has 9 heteroatoms. The van der Waals surface area contributed by atoms with Crippen LogP contribution in [0.4, 0.5) is 5.69 Å². The lowest BCUT2D eigenvalue weighted by Crippen LogP contribution is -2.29. The molecule has 168 valence electrons. The second-order valence-corrected chi connectivity index (χ2v) is 9.67. The highest BCUT2D eigenvalue weighted by Crippen LogP contribution is 2.29. The van der Waals surface area contributed by atoms with Crippen molar-refractivity contribution in [2.24, 2.45) is 0 Å². The molecule has 0 unspecified atom stereocenters. The Kier molecular flexibility index (Phi) is 6.17. The Balaban J connectivity index is 1.45. The summed E-state index contributed by atoms with van der Waals surface area (Å²) in [5, 5.41) is 2.72. The Bertz CT molecular complexity index is 1350. The summed E-state index contributed by atoms with van der Waals surface area (Å²) in [6.45, 7) is 0.110. The van der Waals surface area contributed by atoms with Gasteiger partial charge in [0.1, 0.15) is 0 Å². The zero-order valence-corrected chi connectivity index (χ0v) is 18.6. The molecule has 1 aliphatic rings. The molecular weight excluding hydrogens is 442 g/mol. The van der Waals surface area contributed by atoms with Gasteiger partial charge in [0.25, 0.3) is 0 Å². The summed E-state index contributed by atoms with van der Waals surface area (Å²) in [5.74, 6) is -0.922. The number of sulfonamides is 1. The number of anilines is 1. The fourth-order valence-electron chi connectivity index (χ4n) is 3.66. The van der Waals surface area contributed by atoms with Gasteiger partial charge >= 0.3 is 0 Å². The lowest BCUT2D eigenvalue weighted by atomic mass is 9.84. The molecule has 33 heavy (non-hydrogen) atoms. The van der Waals surface area contributed by atoms with Gasteiger partial charge in [-0.15, -0.1) is 0 Å². The maximum atomic E-state index is 13.0. The van der Waals surface area contributed by atoms with E-state index in [1.165, 1.54) is 25.2 Å². The molecule has 3 aromatic rings. The Morgan fingerprint density at radius 3 is 2.18 bits per heavy atom. The largest absolute Gasteiger partial charge is 0.326 e. The summed E-state index contributed by atoms with van der Waals surface area (Å²) in [7, 11) is -2.50. The molecule has 2 aromatic carbocycles. The van der Waals surface area contributed by atoms with Crippen molar-refractivity contribution in [1.29, 1.82) is 0 Å². The van der Waals surface area contributed by atoms with Crippen LogP contribution in [-0.2, 0) is 14.8 Å². The fourth-order valence-corrected chi connectivity index (χ4v) is 4.90. The third kappa shape index (κ3) is 4.46. The molecule has 8 nitrogen and oxygen atoms in total. The maximum absolute atomic E-state index is 13.0. The average Bonchev–Trinajstić information content (AvgIpc) is 2.82. The number of amides is 1. The van der Waals surface area contributed by atoms with Crippen LogP contribution in [0.5, 0.6) is 0 Å². The summed E-state index contributed by atoms with van der Waals surface area (Å²) >= 11 is 0. The van der Waals surface area contributed by atoms with E-state index in [0.29, 0.717) is 17.7 Å². The molecular formula is C24H21N3O5S. The van der Waals surface area contributed by atoms with Crippen molar-refractivity contribution in [1.82, 2.24) is 9.29 Å². The van der Waals surface area contributed by atoms with E-state index in [0.717, 1.165) is 4.31 Å². The smallest absolute Gasteiger partial charge is 0.242 e. The number of rotatable bonds is 7. The van der Waals surface area contributed by atoms with Gasteiger partial charge in [0.15, 0.2) is 11.6 Å². The van der Waals surface area contributed by atoms with Crippen LogP contribution in [0.2, 0.25) is 0 Å². The standard InChI is InChI=1S/C24H21N3O5S/c1-27(14-4-7-22(28)26-16-10-12-25-13-11-16)33(31,32)17-8-9-20-21(15-17)24(30)19-6-3-2-5-18(19)23(20)29/h2-3,5-6,8-13,15H,4,7,14H2,1H3,(H,25,26,28). The summed E-state index contributed by atoms with van der Waals surface area (Å²) in [5.41, 5.74) is 1.45. The van der Waals surface area contributed by atoms with Gasteiger partial charge in [0.05, 0.1) is 4.90 Å². The highest BCUT2D eigenvalue weighted by atomic mass is 32.2. The predicted octanol–water partition coefficient (Wildman–Crippen LogP) is 2.90. The first-order chi connectivity index (χ1) is 15.8. The molecule has 1 N–H and O–H groups in total. The predicted molar refractivity (Wildman–Crippen MR) is 122 cm³/mol. The third-order valence-corrected chi connectivity index (χ3v) is 7.30. The average molecular weight is 464 g/mol. The van der Waals surface area contributed by atoms with Gasteiger partial charge in [-0.3, -0.25) is 19.4 Å². The van der Waals surface area contributed by atoms with Crippen LogP contribution >= 0.6 is 0 Å². The molecule has 1 aliphatic carbocycles. The van der Waals surface area contributed by atoms with Gasteiger partial charge in [-0.2, -0.15) is 0 Å². The van der Waals surface area contributed by atoms with Crippen LogP contribution < -0.4 is 5.32 Å². The van der Waals surface area contributed by atoms with E-state index in [-0.39, 0.29) is 52.0 Å². The minimum Gasteiger partial charge on any atom is -0.326 e. The lowest BCUT2D eigenvalue weighted by molar-refractivity contribution is -0.116. The first-order valence-electron chi connectivity index (χ1n) is 10.3. The van der Waals surface area contributed by atoms with Crippen molar-refractivity contribution in [3.8, 4) is 0 Å². The van der Waals surface area contributed by atoms with E-state index >= 15 is 0 Å². The van der Waals surface area contributed by atoms with E-state index in [9.17, 15) is 22.8 Å². The molecule has 0 fully saturated rings. The molecule has 0 aliphatic heterocycles. The summed E-state index contributed by atoms with van der Waals surface area (Å²) in [4.78, 5) is 41.5. The minimum atomic E-state index is -3.92. The number of ketones is 2. The second kappa shape index (κ2) is 9.05. The lowest BCUT2D eigenvalue weighted by Gasteiger charge is -2.20. The SMILES string of the molecule is CN(CCCC(=O)Nc1ccncc1)S(=O)(=O)c1ccc2c(c1)C(=O)c1ccccc1C2=O. The van der Waals surface area contributed by atoms with Crippen LogP contribution in [0.3, 0.4) is 0 Å². The third-order valence-electron chi connectivity index (χ3n) is 5.45. The Labute approximate surface area is 191 Å². The first-order valence-corrected chi connectivity index (χ1v) is 11.7. The summed E-state index contributed by atoms with van der Waals surface area (Å²) in [6.07, 6.45) is 3.56. The molecule has 0 saturated carbocycles. The monoisotopic (exact) mass is 463 g/mol. The van der Waals surface area contributed by atoms with Crippen LogP contribution in [0.15, 0.2) is 71.9 Å². The van der Waals surface area contributed by atoms with Crippen molar-refractivity contribution in [3.63, 3.8) is 0 Å². The number of nitrogens with one attached hydrogen (secondary N) is 1. The van der Waals surface area contributed by atoms with Crippen LogP contribution in [0, 0.1) is 0 Å². The quantitative estimate of drug-likeness (QED) is 0.451. The zero-order valence-electron chi connectivity index (χ0n) is 17.8. The number of hydrogen-bond acceptors (Lipinski definition) is 6. The maximum Gasteiger partial charge on any atom is 0.242 e. The Morgan fingerprint density at radius 1 is 0.909 bits per heavy atom. The number of benzene rings is 2. The van der Waals surface area contributed by atoms with E-state index < -0.39 is 10.0 Å². The molecule has 0 bridgehead atoms. The van der Waals surface area contributed by atoms with E-state index in [2.05, 4.69) is 10.3 Å². The summed E-state index contributed by atoms with van der Waals surface area (Å²) in [6, 6.07) is 13.8. The number of hydrogen-bond donors (Lipinski definition) is 1. The highest BCUT2D eigenvalue weighted by molar-refractivity contribution is 7.89. The van der Waals surface area contributed by atoms with Gasteiger partial charge in [-0.05, 0) is 36.8 Å². The number of fused-ring (bicyclic) bond motifs is 2. The van der Waals surface area contributed by atoms with Crippen LogP contribution in [0.1, 0.15) is 44.7 Å². The highest BCUT2D eigenvalue weighted by Gasteiger charge is 2.31. The van der Waals surface area contributed by atoms with Gasteiger partial charge < -0.3 is 5.32 Å². The van der Waals surface area contributed by atoms with Crippen molar-refractivity contribution < 1.29 is 22.8 Å². The Morgan fingerprint density at radius 2 is 1.52 bits per heavy atom. The topological polar surface area (TPSA) is 114 Å². The number of aromatic nitrogens is 1. The van der Waals surface area contributed by atoms with Crippen LogP contribution in [0.25, 0.3) is 0 Å². The first kappa shape index (κ1) is 22.5. The molecule has 0 spiro atoms. The van der Waals surface area contributed by atoms with Crippen molar-refractivity contribution >= 4 is 33.2 Å². The van der Waals surface area contributed by atoms with Gasteiger partial charge in [-0.25, -0.2) is 12.7 Å². The normalized spacial score (nSPS) is 12.9. The molecule has 0 atom stereocenters. The second-order valence-electron chi connectivity index (χ2n) is 7.63. The molecule has 0 saturated heterocycles. The number of nitrogens with zero attached hydrogens (tertiary/aromatic N) is 2. The number of carbonyl (C=O) groups is 3. The van der Waals surface area contributed by atoms with Gasteiger partial charge in [0.2, 0.25) is 15.9 Å². The van der Waals surface area contributed by atoms with Gasteiger partial charge in [-0.1, -0.05) is 24.3 Å². The molecule has 0 radical (unpaired) electrons. The zero-order chi connectivity index (χ0) is 23.6. The van der Waals surface area contributed by atoms with E-state index in [1.54, 1.807) is 48.8 Å². The van der Waals surface area contributed by atoms with Crippen molar-refractivity contribution in [3.05, 3.63) is 89.2 Å². The van der Waals surface area contributed by atoms with Gasteiger partial charge in [0, 0.05) is 60.3 Å². The van der Waals surface area contributed by atoms with E-state index in [1.807, 2.05) is 0 Å². The molecule has 1 heterocycles. The minimum absolute atomic E-state index is 0.0740. The Hall–Kier alpha value is -3.69. The number of carbonyl (C=O) groups excluding carboxylic acids is 3. The number of pyridine rings is 1. The summed E-state index contributed by atoms with van der Waals surface area (Å²) < 4.78 is 27.2. The molecule has 4 rings (SSSR count). The van der Waals surface area contributed by atoms with Crippen molar-refractivity contribution in [2.45, 2.75) is 17.7 Å². The van der Waals surface area contributed by atoms with Crippen LogP contribution in [-0.4, -0.2) is 48.8 Å². The van der Waals surface area contributed by atoms with E-state index in [4.69, 9.17) is 0 Å². The molecule has 1 aromatic heterocycles.